The van der Waals surface area contributed by atoms with Crippen molar-refractivity contribution in [1.29, 1.82) is 0 Å². The molecular formula is C25H25N3O4S2. The van der Waals surface area contributed by atoms with Gasteiger partial charge in [-0.1, -0.05) is 36.5 Å². The van der Waals surface area contributed by atoms with Gasteiger partial charge in [-0.15, -0.1) is 0 Å². The van der Waals surface area contributed by atoms with Crippen molar-refractivity contribution >= 4 is 43.2 Å². The Bertz CT molecular complexity index is 1520. The van der Waals surface area contributed by atoms with E-state index in [2.05, 4.69) is 22.7 Å². The van der Waals surface area contributed by atoms with Gasteiger partial charge >= 0.3 is 0 Å². The molecule has 1 amide bonds. The first-order valence-corrected chi connectivity index (χ1v) is 13.1. The van der Waals surface area contributed by atoms with Gasteiger partial charge in [0.15, 0.2) is 4.80 Å². The summed E-state index contributed by atoms with van der Waals surface area (Å²) in [4.78, 5) is 18.1. The molecule has 0 saturated heterocycles. The third kappa shape index (κ3) is 4.76. The first kappa shape index (κ1) is 23.7. The Balaban J connectivity index is 1.65. The summed E-state index contributed by atoms with van der Waals surface area (Å²) in [6, 6.07) is 18.5. The molecule has 1 N–H and O–H groups in total. The van der Waals surface area contributed by atoms with E-state index in [4.69, 9.17) is 4.74 Å². The van der Waals surface area contributed by atoms with Gasteiger partial charge in [0.25, 0.3) is 15.9 Å². The Hall–Kier alpha value is -3.43. The van der Waals surface area contributed by atoms with E-state index in [0.717, 1.165) is 16.6 Å². The number of para-hydroxylation sites is 1. The van der Waals surface area contributed by atoms with E-state index in [0.29, 0.717) is 22.7 Å². The second-order valence-corrected chi connectivity index (χ2v) is 10.2. The van der Waals surface area contributed by atoms with E-state index >= 15 is 0 Å². The zero-order chi connectivity index (χ0) is 24.3. The van der Waals surface area contributed by atoms with E-state index in [1.165, 1.54) is 42.2 Å². The van der Waals surface area contributed by atoms with Crippen LogP contribution in [0.3, 0.4) is 0 Å². The number of ether oxygens (including phenoxy) is 1. The molecule has 0 aliphatic rings. The standard InChI is InChI=1S/C25H25N3O4S2/c1-4-17-8-7-11-22-23(17)28(5-2)25(33-22)26-24(29)18-9-6-10-19(16-18)27-34(30,31)21-14-12-20(32-3)13-15-21/h6-16,27H,4-5H2,1-3H3. The number of hydrogen-bond donors (Lipinski definition) is 1. The highest BCUT2D eigenvalue weighted by Gasteiger charge is 2.16. The Kier molecular flexibility index (Phi) is 6.85. The number of rotatable bonds is 7. The van der Waals surface area contributed by atoms with Gasteiger partial charge in [-0.2, -0.15) is 4.99 Å². The fourth-order valence-electron chi connectivity index (χ4n) is 3.70. The number of sulfonamides is 1. The Morgan fingerprint density at radius 1 is 1.06 bits per heavy atom. The smallest absolute Gasteiger partial charge is 0.279 e. The van der Waals surface area contributed by atoms with Crippen LogP contribution in [0.25, 0.3) is 10.2 Å². The summed E-state index contributed by atoms with van der Waals surface area (Å²) in [6.45, 7) is 4.81. The number of nitrogens with one attached hydrogen (secondary N) is 1. The molecule has 0 fully saturated rings. The van der Waals surface area contributed by atoms with Gasteiger partial charge in [0.1, 0.15) is 5.75 Å². The Morgan fingerprint density at radius 2 is 1.79 bits per heavy atom. The van der Waals surface area contributed by atoms with Gasteiger partial charge in [0.05, 0.1) is 22.2 Å². The highest BCUT2D eigenvalue weighted by molar-refractivity contribution is 7.92. The number of aryl methyl sites for hydroxylation is 2. The van der Waals surface area contributed by atoms with E-state index in [-0.39, 0.29) is 10.6 Å². The lowest BCUT2D eigenvalue weighted by molar-refractivity contribution is 0.0998. The second kappa shape index (κ2) is 9.82. The summed E-state index contributed by atoms with van der Waals surface area (Å²) >= 11 is 1.47. The molecule has 0 aliphatic carbocycles. The van der Waals surface area contributed by atoms with Gasteiger partial charge in [-0.25, -0.2) is 8.42 Å². The van der Waals surface area contributed by atoms with Crippen LogP contribution in [0.4, 0.5) is 5.69 Å². The number of amides is 1. The normalized spacial score (nSPS) is 12.1. The number of thiazole rings is 1. The van der Waals surface area contributed by atoms with E-state index in [9.17, 15) is 13.2 Å². The molecule has 0 bridgehead atoms. The molecule has 176 valence electrons. The van der Waals surface area contributed by atoms with Crippen LogP contribution in [0, 0.1) is 0 Å². The van der Waals surface area contributed by atoms with E-state index in [1.54, 1.807) is 30.3 Å². The minimum atomic E-state index is -3.82. The number of benzene rings is 3. The van der Waals surface area contributed by atoms with Crippen LogP contribution in [-0.4, -0.2) is 26.0 Å². The lowest BCUT2D eigenvalue weighted by Crippen LogP contribution is -2.17. The summed E-state index contributed by atoms with van der Waals surface area (Å²) < 4.78 is 36.2. The van der Waals surface area contributed by atoms with Crippen LogP contribution in [0.2, 0.25) is 0 Å². The number of methoxy groups -OCH3 is 1. The van der Waals surface area contributed by atoms with Crippen LogP contribution < -0.4 is 14.3 Å². The molecule has 0 atom stereocenters. The summed E-state index contributed by atoms with van der Waals surface area (Å²) in [5.41, 5.74) is 2.89. The van der Waals surface area contributed by atoms with Gasteiger partial charge in [0.2, 0.25) is 0 Å². The fourth-order valence-corrected chi connectivity index (χ4v) is 5.89. The molecule has 0 radical (unpaired) electrons. The van der Waals surface area contributed by atoms with Gasteiger partial charge in [-0.05, 0) is 67.4 Å². The summed E-state index contributed by atoms with van der Waals surface area (Å²) in [7, 11) is -2.31. The minimum Gasteiger partial charge on any atom is -0.497 e. The minimum absolute atomic E-state index is 0.0932. The number of carbonyl (C=O) groups is 1. The number of anilines is 1. The second-order valence-electron chi connectivity index (χ2n) is 7.53. The van der Waals surface area contributed by atoms with Crippen molar-refractivity contribution in [2.75, 3.05) is 11.8 Å². The maximum Gasteiger partial charge on any atom is 0.279 e. The molecule has 1 aromatic heterocycles. The maximum atomic E-state index is 13.0. The van der Waals surface area contributed by atoms with E-state index < -0.39 is 15.9 Å². The van der Waals surface area contributed by atoms with Crippen LogP contribution in [0.5, 0.6) is 5.75 Å². The van der Waals surface area contributed by atoms with Crippen molar-refractivity contribution < 1.29 is 17.9 Å². The molecule has 0 saturated carbocycles. The monoisotopic (exact) mass is 495 g/mol. The molecule has 1 heterocycles. The number of fused-ring (bicyclic) bond motifs is 1. The van der Waals surface area contributed by atoms with Crippen molar-refractivity contribution in [3.63, 3.8) is 0 Å². The van der Waals surface area contributed by atoms with Crippen molar-refractivity contribution in [3.8, 4) is 5.75 Å². The SMILES string of the molecule is CCc1cccc2sc(=NC(=O)c3cccc(NS(=O)(=O)c4ccc(OC)cc4)c3)n(CC)c12. The van der Waals surface area contributed by atoms with Crippen molar-refractivity contribution in [2.24, 2.45) is 4.99 Å². The molecule has 4 aromatic rings. The summed E-state index contributed by atoms with van der Waals surface area (Å²) in [5.74, 6) is 0.127. The zero-order valence-electron chi connectivity index (χ0n) is 19.1. The van der Waals surface area contributed by atoms with Crippen LogP contribution in [-0.2, 0) is 23.0 Å². The number of hydrogen-bond acceptors (Lipinski definition) is 5. The van der Waals surface area contributed by atoms with Crippen molar-refractivity contribution in [3.05, 3.63) is 82.7 Å². The summed E-state index contributed by atoms with van der Waals surface area (Å²) in [6.07, 6.45) is 0.887. The van der Waals surface area contributed by atoms with Gasteiger partial charge in [0, 0.05) is 17.8 Å². The average Bonchev–Trinajstić information content (AvgIpc) is 3.21. The highest BCUT2D eigenvalue weighted by Crippen LogP contribution is 2.23. The van der Waals surface area contributed by atoms with Crippen LogP contribution >= 0.6 is 11.3 Å². The third-order valence-corrected chi connectivity index (χ3v) is 7.85. The molecule has 3 aromatic carbocycles. The lowest BCUT2D eigenvalue weighted by atomic mass is 10.1. The molecule has 0 unspecified atom stereocenters. The zero-order valence-corrected chi connectivity index (χ0v) is 20.7. The molecule has 4 rings (SSSR count). The third-order valence-electron chi connectivity index (χ3n) is 5.41. The molecule has 0 aliphatic heterocycles. The Morgan fingerprint density at radius 3 is 2.47 bits per heavy atom. The van der Waals surface area contributed by atoms with Crippen molar-refractivity contribution in [2.45, 2.75) is 31.7 Å². The van der Waals surface area contributed by atoms with Crippen molar-refractivity contribution in [1.82, 2.24) is 4.57 Å². The maximum absolute atomic E-state index is 13.0. The number of nitrogens with zero attached hydrogens (tertiary/aromatic N) is 2. The topological polar surface area (TPSA) is 89.8 Å². The van der Waals surface area contributed by atoms with Gasteiger partial charge in [-0.3, -0.25) is 9.52 Å². The first-order valence-electron chi connectivity index (χ1n) is 10.8. The van der Waals surface area contributed by atoms with Gasteiger partial charge < -0.3 is 9.30 Å². The molecule has 0 spiro atoms. The lowest BCUT2D eigenvalue weighted by Gasteiger charge is -2.09. The first-order chi connectivity index (χ1) is 16.4. The summed E-state index contributed by atoms with van der Waals surface area (Å²) in [5, 5.41) is 0. The van der Waals surface area contributed by atoms with Crippen LogP contribution in [0.1, 0.15) is 29.8 Å². The molecular weight excluding hydrogens is 470 g/mol. The fraction of sp³-hybridized carbons (Fsp3) is 0.200. The largest absolute Gasteiger partial charge is 0.497 e. The highest BCUT2D eigenvalue weighted by atomic mass is 32.2. The molecule has 34 heavy (non-hydrogen) atoms. The predicted octanol–water partition coefficient (Wildman–Crippen LogP) is 4.84. The quantitative estimate of drug-likeness (QED) is 0.397. The number of carbonyl (C=O) groups excluding carboxylic acids is 1. The van der Waals surface area contributed by atoms with Crippen LogP contribution in [0.15, 0.2) is 76.6 Å². The molecule has 9 heteroatoms. The Labute approximate surface area is 202 Å². The molecule has 7 nitrogen and oxygen atoms in total. The average molecular weight is 496 g/mol. The number of aromatic nitrogens is 1. The van der Waals surface area contributed by atoms with E-state index in [1.807, 2.05) is 23.6 Å². The predicted molar refractivity (Wildman–Crippen MR) is 135 cm³/mol.